The molecule has 0 unspecified atom stereocenters. The van der Waals surface area contributed by atoms with Gasteiger partial charge in [-0.25, -0.2) is 0 Å². The topological polar surface area (TPSA) is 3.24 Å². The lowest BCUT2D eigenvalue weighted by Crippen LogP contribution is -2.29. The molecule has 1 nitrogen and oxygen atoms in total. The zero-order valence-corrected chi connectivity index (χ0v) is 11.1. The van der Waals surface area contributed by atoms with Gasteiger partial charge in [-0.3, -0.25) is 0 Å². The lowest BCUT2D eigenvalue weighted by molar-refractivity contribution is 0.398. The number of fused-ring (bicyclic) bond motifs is 1. The summed E-state index contributed by atoms with van der Waals surface area (Å²) in [6, 6.07) is 8.55. The van der Waals surface area contributed by atoms with E-state index in [0.717, 1.165) is 25.9 Å². The maximum absolute atomic E-state index is 4.18. The number of hydrogen-bond acceptors (Lipinski definition) is 1. The largest absolute Gasteiger partial charge is 0.371 e. The second kappa shape index (κ2) is 6.95. The van der Waals surface area contributed by atoms with Crippen LogP contribution < -0.4 is 0 Å². The van der Waals surface area contributed by atoms with E-state index in [0.29, 0.717) is 0 Å². The number of hydrogen-bond donors (Lipinski definition) is 0. The van der Waals surface area contributed by atoms with Crippen molar-refractivity contribution in [2.45, 2.75) is 26.7 Å². The Morgan fingerprint density at radius 2 is 2.00 bits per heavy atom. The van der Waals surface area contributed by atoms with Crippen molar-refractivity contribution < 1.29 is 0 Å². The Morgan fingerprint density at radius 1 is 1.29 bits per heavy atom. The Bertz CT molecular complexity index is 379. The molecule has 0 atom stereocenters. The van der Waals surface area contributed by atoms with E-state index >= 15 is 0 Å². The molecule has 1 aliphatic heterocycles. The molecule has 1 heterocycles. The minimum absolute atomic E-state index is 1.03. The predicted molar refractivity (Wildman–Crippen MR) is 76.9 cm³/mol. The van der Waals surface area contributed by atoms with Crippen LogP contribution in [0, 0.1) is 0 Å². The van der Waals surface area contributed by atoms with Crippen molar-refractivity contribution >= 4 is 5.70 Å². The standard InChI is InChI=1S/C14H17N.C2H6/c1-3-4-10-15-11-9-13-7-5-6-8-14(13)12(15)2;1-2/h3,5-8H,1-2,4,9-11H2;1-2H3. The Labute approximate surface area is 105 Å². The highest BCUT2D eigenvalue weighted by atomic mass is 15.1. The van der Waals surface area contributed by atoms with Crippen molar-refractivity contribution in [3.8, 4) is 0 Å². The van der Waals surface area contributed by atoms with Crippen LogP contribution in [-0.4, -0.2) is 18.0 Å². The van der Waals surface area contributed by atoms with Gasteiger partial charge in [-0.2, -0.15) is 0 Å². The van der Waals surface area contributed by atoms with E-state index in [4.69, 9.17) is 0 Å². The molecule has 1 aromatic carbocycles. The molecule has 0 aliphatic carbocycles. The summed E-state index contributed by atoms with van der Waals surface area (Å²) in [6.45, 7) is 14.1. The second-order valence-electron chi connectivity index (χ2n) is 3.92. The average Bonchev–Trinajstić information content (AvgIpc) is 2.41. The summed E-state index contributed by atoms with van der Waals surface area (Å²) in [4.78, 5) is 2.35. The van der Waals surface area contributed by atoms with Crippen LogP contribution in [0.25, 0.3) is 5.70 Å². The zero-order chi connectivity index (χ0) is 12.7. The fourth-order valence-electron chi connectivity index (χ4n) is 2.07. The molecule has 1 aliphatic rings. The van der Waals surface area contributed by atoms with Gasteiger partial charge < -0.3 is 4.90 Å². The van der Waals surface area contributed by atoms with Crippen molar-refractivity contribution in [2.75, 3.05) is 13.1 Å². The molecule has 0 aromatic heterocycles. The maximum atomic E-state index is 4.18. The fourth-order valence-corrected chi connectivity index (χ4v) is 2.07. The first kappa shape index (κ1) is 13.6. The molecule has 0 saturated carbocycles. The van der Waals surface area contributed by atoms with Crippen LogP contribution in [0.2, 0.25) is 0 Å². The van der Waals surface area contributed by atoms with Gasteiger partial charge in [0.2, 0.25) is 0 Å². The summed E-state index contributed by atoms with van der Waals surface area (Å²) < 4.78 is 0. The van der Waals surface area contributed by atoms with Crippen LogP contribution in [0.1, 0.15) is 31.4 Å². The van der Waals surface area contributed by atoms with Crippen molar-refractivity contribution in [1.29, 1.82) is 0 Å². The first-order valence-corrected chi connectivity index (χ1v) is 6.46. The summed E-state index contributed by atoms with van der Waals surface area (Å²) in [5, 5.41) is 0. The smallest absolute Gasteiger partial charge is 0.0369 e. The number of benzene rings is 1. The minimum atomic E-state index is 1.03. The van der Waals surface area contributed by atoms with Gasteiger partial charge >= 0.3 is 0 Å². The van der Waals surface area contributed by atoms with Gasteiger partial charge in [0.25, 0.3) is 0 Å². The molecule has 92 valence electrons. The van der Waals surface area contributed by atoms with Gasteiger partial charge in [-0.1, -0.05) is 50.8 Å². The molecule has 0 spiro atoms. The van der Waals surface area contributed by atoms with Crippen LogP contribution in [0.3, 0.4) is 0 Å². The van der Waals surface area contributed by atoms with Gasteiger partial charge in [0.1, 0.15) is 0 Å². The molecule has 0 amide bonds. The highest BCUT2D eigenvalue weighted by Crippen LogP contribution is 2.26. The normalized spacial score (nSPS) is 13.5. The third kappa shape index (κ3) is 3.23. The quantitative estimate of drug-likeness (QED) is 0.705. The summed E-state index contributed by atoms with van der Waals surface area (Å²) in [6.07, 6.45) is 4.13. The Balaban J connectivity index is 0.000000686. The molecular formula is C16H23N. The lowest BCUT2D eigenvalue weighted by Gasteiger charge is -2.32. The lowest BCUT2D eigenvalue weighted by atomic mass is 9.97. The maximum Gasteiger partial charge on any atom is 0.0369 e. The molecule has 2 rings (SSSR count). The highest BCUT2D eigenvalue weighted by molar-refractivity contribution is 5.66. The van der Waals surface area contributed by atoms with E-state index in [-0.39, 0.29) is 0 Å². The molecular weight excluding hydrogens is 206 g/mol. The number of nitrogens with zero attached hydrogens (tertiary/aromatic N) is 1. The van der Waals surface area contributed by atoms with Crippen LogP contribution in [0.4, 0.5) is 0 Å². The molecule has 0 N–H and O–H groups in total. The third-order valence-corrected chi connectivity index (χ3v) is 2.96. The summed E-state index contributed by atoms with van der Waals surface area (Å²) in [7, 11) is 0. The number of rotatable bonds is 3. The monoisotopic (exact) mass is 229 g/mol. The van der Waals surface area contributed by atoms with Crippen molar-refractivity contribution in [2.24, 2.45) is 0 Å². The molecule has 0 bridgehead atoms. The van der Waals surface area contributed by atoms with Crippen LogP contribution in [0.15, 0.2) is 43.5 Å². The van der Waals surface area contributed by atoms with Crippen LogP contribution in [-0.2, 0) is 6.42 Å². The third-order valence-electron chi connectivity index (χ3n) is 2.96. The van der Waals surface area contributed by atoms with E-state index in [1.54, 1.807) is 0 Å². The highest BCUT2D eigenvalue weighted by Gasteiger charge is 2.17. The minimum Gasteiger partial charge on any atom is -0.371 e. The Morgan fingerprint density at radius 3 is 2.71 bits per heavy atom. The van der Waals surface area contributed by atoms with Crippen LogP contribution in [0.5, 0.6) is 0 Å². The summed E-state index contributed by atoms with van der Waals surface area (Å²) in [5.74, 6) is 0. The Hall–Kier alpha value is -1.50. The molecule has 0 saturated heterocycles. The predicted octanol–water partition coefficient (Wildman–Crippen LogP) is 4.12. The van der Waals surface area contributed by atoms with E-state index in [1.807, 2.05) is 19.9 Å². The molecule has 17 heavy (non-hydrogen) atoms. The van der Waals surface area contributed by atoms with E-state index in [1.165, 1.54) is 16.8 Å². The van der Waals surface area contributed by atoms with Gasteiger partial charge in [0, 0.05) is 24.4 Å². The van der Waals surface area contributed by atoms with Crippen molar-refractivity contribution in [1.82, 2.24) is 4.90 Å². The van der Waals surface area contributed by atoms with Gasteiger partial charge in [0.15, 0.2) is 0 Å². The molecule has 1 heteroatoms. The fraction of sp³-hybridized carbons (Fsp3) is 0.375. The van der Waals surface area contributed by atoms with Crippen LogP contribution >= 0.6 is 0 Å². The summed E-state index contributed by atoms with van der Waals surface area (Å²) in [5.41, 5.74) is 3.91. The second-order valence-corrected chi connectivity index (χ2v) is 3.92. The molecule has 0 radical (unpaired) electrons. The van der Waals surface area contributed by atoms with Gasteiger partial charge in [0.05, 0.1) is 0 Å². The van der Waals surface area contributed by atoms with E-state index < -0.39 is 0 Å². The SMILES string of the molecule is C=CCCN1CCc2ccccc2C1=C.CC. The van der Waals surface area contributed by atoms with Crippen molar-refractivity contribution in [3.63, 3.8) is 0 Å². The first-order valence-electron chi connectivity index (χ1n) is 6.46. The van der Waals surface area contributed by atoms with Crippen molar-refractivity contribution in [3.05, 3.63) is 54.6 Å². The van der Waals surface area contributed by atoms with E-state index in [9.17, 15) is 0 Å². The van der Waals surface area contributed by atoms with Gasteiger partial charge in [-0.05, 0) is 18.4 Å². The van der Waals surface area contributed by atoms with E-state index in [2.05, 4.69) is 42.3 Å². The summed E-state index contributed by atoms with van der Waals surface area (Å²) >= 11 is 0. The first-order chi connectivity index (χ1) is 8.33. The van der Waals surface area contributed by atoms with Gasteiger partial charge in [-0.15, -0.1) is 6.58 Å². The molecule has 0 fully saturated rings. The Kier molecular flexibility index (Phi) is 5.55. The average molecular weight is 229 g/mol. The molecule has 1 aromatic rings. The zero-order valence-electron chi connectivity index (χ0n) is 11.1.